The molecule has 0 bridgehead atoms. The van der Waals surface area contributed by atoms with Crippen LogP contribution in [-0.2, 0) is 19.1 Å². The van der Waals surface area contributed by atoms with Gasteiger partial charge in [0.2, 0.25) is 5.91 Å². The van der Waals surface area contributed by atoms with Crippen molar-refractivity contribution in [1.82, 2.24) is 15.1 Å². The second-order valence-corrected chi connectivity index (χ2v) is 17.7. The molecule has 0 spiro atoms. The maximum atomic E-state index is 14.1. The first kappa shape index (κ1) is 54.1. The molecule has 1 fully saturated rings. The number of amides is 2. The summed E-state index contributed by atoms with van der Waals surface area (Å²) in [6.45, 7) is 11.9. The number of unbranched alkanes of at least 4 members (excludes halogenated alkanes) is 23. The van der Waals surface area contributed by atoms with Crippen LogP contribution in [0.3, 0.4) is 0 Å². The van der Waals surface area contributed by atoms with E-state index in [2.05, 4.69) is 50.1 Å². The molecule has 0 saturated heterocycles. The zero-order valence-electron chi connectivity index (χ0n) is 39.1. The summed E-state index contributed by atoms with van der Waals surface area (Å²) >= 11 is 0. The van der Waals surface area contributed by atoms with Gasteiger partial charge in [0.15, 0.2) is 6.61 Å². The highest BCUT2D eigenvalue weighted by atomic mass is 16.5. The third kappa shape index (κ3) is 31.1. The molecule has 1 saturated carbocycles. The average Bonchev–Trinajstić information content (AvgIpc) is 3.50. The molecule has 1 N–H and O–H groups in total. The van der Waals surface area contributed by atoms with E-state index in [0.717, 1.165) is 96.7 Å². The minimum absolute atomic E-state index is 0.0168. The van der Waals surface area contributed by atoms with Crippen LogP contribution in [0.5, 0.6) is 0 Å². The SMILES string of the molecule is CCCCCCCC/C=C\CCCCCCCC(C(=O)NC1CCCCCC1)N(CCCN(CC)CC)C(=O)COC(=O)CCCCCCCCCCCCCCC. The summed E-state index contributed by atoms with van der Waals surface area (Å²) in [6, 6.07) is -0.352. The summed E-state index contributed by atoms with van der Waals surface area (Å²) < 4.78 is 5.61. The topological polar surface area (TPSA) is 79.0 Å². The van der Waals surface area contributed by atoms with Gasteiger partial charge in [-0.1, -0.05) is 200 Å². The lowest BCUT2D eigenvalue weighted by atomic mass is 10.0. The summed E-state index contributed by atoms with van der Waals surface area (Å²) in [7, 11) is 0. The average molecular weight is 816 g/mol. The van der Waals surface area contributed by atoms with Crippen LogP contribution in [0.1, 0.15) is 252 Å². The van der Waals surface area contributed by atoms with E-state index >= 15 is 0 Å². The molecule has 1 aliphatic carbocycles. The molecular formula is C51H97N3O4. The minimum Gasteiger partial charge on any atom is -0.456 e. The maximum Gasteiger partial charge on any atom is 0.306 e. The van der Waals surface area contributed by atoms with Crippen molar-refractivity contribution in [2.24, 2.45) is 0 Å². The fourth-order valence-electron chi connectivity index (χ4n) is 8.60. The molecule has 0 heterocycles. The Labute approximate surface area is 360 Å². The summed E-state index contributed by atoms with van der Waals surface area (Å²) in [5, 5.41) is 3.39. The van der Waals surface area contributed by atoms with E-state index in [9.17, 15) is 14.4 Å². The highest BCUT2D eigenvalue weighted by Crippen LogP contribution is 2.20. The van der Waals surface area contributed by atoms with E-state index < -0.39 is 6.04 Å². The molecule has 340 valence electrons. The van der Waals surface area contributed by atoms with E-state index in [0.29, 0.717) is 19.4 Å². The van der Waals surface area contributed by atoms with Gasteiger partial charge in [-0.2, -0.15) is 0 Å². The highest BCUT2D eigenvalue weighted by Gasteiger charge is 2.31. The Balaban J connectivity index is 2.66. The van der Waals surface area contributed by atoms with Crippen molar-refractivity contribution in [2.75, 3.05) is 32.8 Å². The molecule has 7 nitrogen and oxygen atoms in total. The normalized spacial score (nSPS) is 14.2. The van der Waals surface area contributed by atoms with Gasteiger partial charge in [-0.3, -0.25) is 14.4 Å². The van der Waals surface area contributed by atoms with Crippen molar-refractivity contribution >= 4 is 17.8 Å². The fourth-order valence-corrected chi connectivity index (χ4v) is 8.60. The fraction of sp³-hybridized carbons (Fsp3) is 0.902. The van der Waals surface area contributed by atoms with Crippen LogP contribution in [0.15, 0.2) is 12.2 Å². The van der Waals surface area contributed by atoms with Gasteiger partial charge in [0, 0.05) is 19.0 Å². The van der Waals surface area contributed by atoms with Crippen LogP contribution in [0.4, 0.5) is 0 Å². The van der Waals surface area contributed by atoms with Crippen LogP contribution in [-0.4, -0.2) is 72.5 Å². The highest BCUT2D eigenvalue weighted by molar-refractivity contribution is 5.89. The first-order valence-corrected chi connectivity index (χ1v) is 25.6. The molecule has 2 amide bonds. The van der Waals surface area contributed by atoms with Crippen LogP contribution in [0.25, 0.3) is 0 Å². The lowest BCUT2D eigenvalue weighted by Crippen LogP contribution is -2.53. The molecule has 0 aromatic heterocycles. The van der Waals surface area contributed by atoms with Crippen LogP contribution < -0.4 is 5.32 Å². The largest absolute Gasteiger partial charge is 0.456 e. The Morgan fingerprint density at radius 2 is 1.03 bits per heavy atom. The summed E-state index contributed by atoms with van der Waals surface area (Å²) in [6.07, 6.45) is 45.7. The van der Waals surface area contributed by atoms with Crippen molar-refractivity contribution in [3.8, 4) is 0 Å². The van der Waals surface area contributed by atoms with E-state index in [-0.39, 0.29) is 30.4 Å². The van der Waals surface area contributed by atoms with E-state index in [1.54, 1.807) is 4.90 Å². The van der Waals surface area contributed by atoms with Gasteiger partial charge in [0.05, 0.1) is 0 Å². The quantitative estimate of drug-likeness (QED) is 0.0288. The summed E-state index contributed by atoms with van der Waals surface area (Å²) in [5.74, 6) is -0.542. The molecule has 0 aromatic carbocycles. The first-order valence-electron chi connectivity index (χ1n) is 25.6. The molecule has 7 heteroatoms. The molecule has 1 unspecified atom stereocenters. The summed E-state index contributed by atoms with van der Waals surface area (Å²) in [5.41, 5.74) is 0. The number of carbonyl (C=O) groups excluding carboxylic acids is 3. The zero-order valence-corrected chi connectivity index (χ0v) is 39.1. The number of hydrogen-bond donors (Lipinski definition) is 1. The smallest absolute Gasteiger partial charge is 0.306 e. The number of hydrogen-bond acceptors (Lipinski definition) is 5. The maximum absolute atomic E-state index is 14.1. The van der Waals surface area contributed by atoms with Gasteiger partial charge in [0.1, 0.15) is 6.04 Å². The van der Waals surface area contributed by atoms with Crippen molar-refractivity contribution < 1.29 is 19.1 Å². The molecule has 1 rings (SSSR count). The van der Waals surface area contributed by atoms with E-state index in [1.807, 2.05) is 0 Å². The van der Waals surface area contributed by atoms with Gasteiger partial charge >= 0.3 is 5.97 Å². The van der Waals surface area contributed by atoms with Crippen molar-refractivity contribution in [1.29, 1.82) is 0 Å². The van der Waals surface area contributed by atoms with Gasteiger partial charge in [-0.05, 0) is 77.4 Å². The lowest BCUT2D eigenvalue weighted by molar-refractivity contribution is -0.154. The zero-order chi connectivity index (χ0) is 42.2. The molecule has 0 aromatic rings. The standard InChI is InChI=1S/C51H97N3O4/c1-5-9-11-13-15-17-19-21-22-24-25-27-29-31-37-42-48(51(57)52-47-40-35-33-34-36-41-47)54(45-39-44-53(7-3)8-4)49(55)46-58-50(56)43-38-32-30-28-26-23-20-18-16-14-12-10-6-2/h21-22,47-48H,5-20,23-46H2,1-4H3,(H,52,57)/b22-21-. The van der Waals surface area contributed by atoms with Crippen molar-refractivity contribution in [3.05, 3.63) is 12.2 Å². The number of nitrogens with zero attached hydrogens (tertiary/aromatic N) is 2. The van der Waals surface area contributed by atoms with Crippen LogP contribution in [0.2, 0.25) is 0 Å². The van der Waals surface area contributed by atoms with E-state index in [1.165, 1.54) is 135 Å². The van der Waals surface area contributed by atoms with Gasteiger partial charge in [0.25, 0.3) is 5.91 Å². The number of nitrogens with one attached hydrogen (secondary N) is 1. The van der Waals surface area contributed by atoms with Gasteiger partial charge in [-0.15, -0.1) is 0 Å². The predicted molar refractivity (Wildman–Crippen MR) is 248 cm³/mol. The monoisotopic (exact) mass is 816 g/mol. The Hall–Kier alpha value is -1.89. The predicted octanol–water partition coefficient (Wildman–Crippen LogP) is 13.8. The molecule has 1 aliphatic rings. The molecule has 0 aliphatic heterocycles. The second kappa shape index (κ2) is 40.5. The van der Waals surface area contributed by atoms with Crippen LogP contribution >= 0.6 is 0 Å². The second-order valence-electron chi connectivity index (χ2n) is 17.7. The number of rotatable bonds is 40. The summed E-state index contributed by atoms with van der Waals surface area (Å²) in [4.78, 5) is 45.0. The first-order chi connectivity index (χ1) is 28.5. The Morgan fingerprint density at radius 3 is 1.53 bits per heavy atom. The number of allylic oxidation sites excluding steroid dienone is 2. The molecular weight excluding hydrogens is 719 g/mol. The lowest BCUT2D eigenvalue weighted by Gasteiger charge is -2.33. The van der Waals surface area contributed by atoms with Crippen molar-refractivity contribution in [2.45, 2.75) is 265 Å². The third-order valence-electron chi connectivity index (χ3n) is 12.5. The third-order valence-corrected chi connectivity index (χ3v) is 12.5. The Morgan fingerprint density at radius 1 is 0.569 bits per heavy atom. The van der Waals surface area contributed by atoms with Crippen molar-refractivity contribution in [3.63, 3.8) is 0 Å². The Bertz CT molecular complexity index is 975. The molecule has 0 radical (unpaired) electrons. The number of ether oxygens (including phenoxy) is 1. The number of esters is 1. The van der Waals surface area contributed by atoms with Crippen LogP contribution in [0, 0.1) is 0 Å². The Kier molecular flexibility index (Phi) is 37.8. The minimum atomic E-state index is -0.530. The molecule has 1 atom stereocenters. The number of carbonyl (C=O) groups is 3. The van der Waals surface area contributed by atoms with Gasteiger partial charge < -0.3 is 19.9 Å². The van der Waals surface area contributed by atoms with E-state index in [4.69, 9.17) is 4.74 Å². The molecule has 58 heavy (non-hydrogen) atoms. The van der Waals surface area contributed by atoms with Gasteiger partial charge in [-0.25, -0.2) is 0 Å².